The summed E-state index contributed by atoms with van der Waals surface area (Å²) < 4.78 is 6.70. The van der Waals surface area contributed by atoms with Gasteiger partial charge in [0.1, 0.15) is 11.3 Å². The highest BCUT2D eigenvalue weighted by molar-refractivity contribution is 8.00. The second kappa shape index (κ2) is 14.0. The Morgan fingerprint density at radius 3 is 2.25 bits per heavy atom. The maximum atomic E-state index is 6.70. The molecule has 0 spiro atoms. The van der Waals surface area contributed by atoms with Gasteiger partial charge in [-0.2, -0.15) is 0 Å². The fourth-order valence-electron chi connectivity index (χ4n) is 11.0. The van der Waals surface area contributed by atoms with Crippen LogP contribution in [0.1, 0.15) is 83.9 Å². The predicted octanol–water partition coefficient (Wildman–Crippen LogP) is 15.6. The van der Waals surface area contributed by atoms with Crippen LogP contribution in [0.3, 0.4) is 0 Å². The molecule has 0 amide bonds. The molecule has 5 aliphatic rings. The van der Waals surface area contributed by atoms with Crippen molar-refractivity contribution in [3.8, 4) is 22.3 Å². The molecule has 2 nitrogen and oxygen atoms in total. The van der Waals surface area contributed by atoms with E-state index in [1.807, 2.05) is 11.8 Å². The van der Waals surface area contributed by atoms with Crippen LogP contribution in [-0.2, 0) is 5.41 Å². The number of nitrogens with zero attached hydrogens (tertiary/aromatic N) is 1. The van der Waals surface area contributed by atoms with E-state index < -0.39 is 0 Å². The Morgan fingerprint density at radius 2 is 1.43 bits per heavy atom. The third-order valence-electron chi connectivity index (χ3n) is 14.1. The normalized spacial score (nSPS) is 22.0. The summed E-state index contributed by atoms with van der Waals surface area (Å²) in [6.07, 6.45) is 19.8. The van der Waals surface area contributed by atoms with Gasteiger partial charge in [0.25, 0.3) is 0 Å². The minimum Gasteiger partial charge on any atom is -0.458 e. The quantitative estimate of drug-likeness (QED) is 0.160. The summed E-state index contributed by atoms with van der Waals surface area (Å²) >= 11 is 1.95. The van der Waals surface area contributed by atoms with Gasteiger partial charge in [-0.3, -0.25) is 0 Å². The highest BCUT2D eigenvalue weighted by Crippen LogP contribution is 2.66. The molecule has 0 radical (unpaired) electrons. The van der Waals surface area contributed by atoms with Crippen molar-refractivity contribution in [1.29, 1.82) is 0 Å². The third-order valence-corrected chi connectivity index (χ3v) is 15.5. The summed E-state index contributed by atoms with van der Waals surface area (Å²) in [6, 6.07) is 52.5. The van der Waals surface area contributed by atoms with E-state index in [9.17, 15) is 0 Å². The molecule has 1 aromatic heterocycles. The molecule has 0 fully saturated rings. The van der Waals surface area contributed by atoms with Crippen LogP contribution in [0.25, 0.3) is 33.2 Å². The van der Waals surface area contributed by atoms with Gasteiger partial charge < -0.3 is 9.32 Å². The standard InChI is InChI=1S/C57H47NOS/c1-57(2)49-34-42(48(41-27-25-40(26-28-41)38-15-7-4-8-16-38)33-36-21-23-39(24-22-36)37-13-5-3-6-14-37)29-31-44(49)45-32-30-43(35-50(45)57)58-53-46-17-9-11-19-51(46)59-55(53)56-54(58)47-18-10-12-20-52(47)60-56/h3-13,15-23,25-32,34-35,37,39,48,54,56H,14,24,33H2,1-2H3/t37?,39?,48-,54?,56?/m0/s1. The molecule has 0 saturated heterocycles. The molecule has 7 aromatic rings. The molecule has 60 heavy (non-hydrogen) atoms. The molecule has 0 saturated carbocycles. The molecule has 3 heterocycles. The topological polar surface area (TPSA) is 16.4 Å². The number of allylic oxidation sites excluding steroid dienone is 8. The van der Waals surface area contributed by atoms with Gasteiger partial charge in [0.05, 0.1) is 17.0 Å². The van der Waals surface area contributed by atoms with Gasteiger partial charge in [-0.25, -0.2) is 0 Å². The van der Waals surface area contributed by atoms with Crippen molar-refractivity contribution >= 4 is 34.1 Å². The lowest BCUT2D eigenvalue weighted by atomic mass is 9.77. The molecule has 0 N–H and O–H groups in total. The fourth-order valence-corrected chi connectivity index (χ4v) is 12.4. The predicted molar refractivity (Wildman–Crippen MR) is 250 cm³/mol. The number of fused-ring (bicyclic) bond motifs is 10. The molecule has 6 aromatic carbocycles. The number of hydrogen-bond acceptors (Lipinski definition) is 3. The van der Waals surface area contributed by atoms with Gasteiger partial charge in [0.2, 0.25) is 0 Å². The Bertz CT molecular complexity index is 2940. The van der Waals surface area contributed by atoms with Crippen LogP contribution < -0.4 is 4.90 Å². The largest absolute Gasteiger partial charge is 0.458 e. The van der Waals surface area contributed by atoms with Gasteiger partial charge in [-0.15, -0.1) is 11.8 Å². The van der Waals surface area contributed by atoms with Gasteiger partial charge in [0.15, 0.2) is 0 Å². The van der Waals surface area contributed by atoms with Crippen molar-refractivity contribution in [1.82, 2.24) is 0 Å². The van der Waals surface area contributed by atoms with E-state index in [4.69, 9.17) is 4.42 Å². The molecule has 5 atom stereocenters. The zero-order chi connectivity index (χ0) is 40.0. The summed E-state index contributed by atoms with van der Waals surface area (Å²) in [5.41, 5.74) is 16.8. The summed E-state index contributed by atoms with van der Waals surface area (Å²) in [7, 11) is 0. The first-order valence-corrected chi connectivity index (χ1v) is 22.6. The van der Waals surface area contributed by atoms with E-state index in [1.54, 1.807) is 0 Å². The number of para-hydroxylation sites is 1. The first-order valence-electron chi connectivity index (χ1n) is 21.7. The summed E-state index contributed by atoms with van der Waals surface area (Å²) in [4.78, 5) is 3.95. The molecule has 4 unspecified atom stereocenters. The van der Waals surface area contributed by atoms with Crippen LogP contribution in [-0.4, -0.2) is 0 Å². The Kier molecular flexibility index (Phi) is 8.39. The minimum absolute atomic E-state index is 0.180. The van der Waals surface area contributed by atoms with Crippen molar-refractivity contribution in [2.45, 2.75) is 60.6 Å². The lowest BCUT2D eigenvalue weighted by molar-refractivity contribution is 0.475. The monoisotopic (exact) mass is 793 g/mol. The van der Waals surface area contributed by atoms with Crippen LogP contribution >= 0.6 is 11.8 Å². The summed E-state index contributed by atoms with van der Waals surface area (Å²) in [5, 5.41) is 1.41. The Hall–Kier alpha value is -6.03. The number of furan rings is 1. The van der Waals surface area contributed by atoms with Crippen LogP contribution in [0.2, 0.25) is 0 Å². The highest BCUT2D eigenvalue weighted by Gasteiger charge is 2.50. The van der Waals surface area contributed by atoms with Crippen molar-refractivity contribution in [2.75, 3.05) is 4.90 Å². The summed E-state index contributed by atoms with van der Waals surface area (Å²) in [5.74, 6) is 2.48. The maximum absolute atomic E-state index is 6.70. The van der Waals surface area contributed by atoms with E-state index in [1.165, 1.54) is 77.3 Å². The van der Waals surface area contributed by atoms with E-state index in [-0.39, 0.29) is 22.6 Å². The molecule has 292 valence electrons. The Balaban J connectivity index is 0.912. The molecule has 2 aliphatic heterocycles. The molecular weight excluding hydrogens is 747 g/mol. The maximum Gasteiger partial charge on any atom is 0.144 e. The molecule has 3 aliphatic carbocycles. The first-order chi connectivity index (χ1) is 29.5. The highest BCUT2D eigenvalue weighted by atomic mass is 32.2. The average Bonchev–Trinajstić information content (AvgIpc) is 4.02. The zero-order valence-corrected chi connectivity index (χ0v) is 34.9. The lowest BCUT2D eigenvalue weighted by Crippen LogP contribution is -2.21. The van der Waals surface area contributed by atoms with Crippen molar-refractivity contribution in [2.24, 2.45) is 11.8 Å². The Morgan fingerprint density at radius 1 is 0.700 bits per heavy atom. The van der Waals surface area contributed by atoms with E-state index in [0.717, 1.165) is 30.6 Å². The van der Waals surface area contributed by atoms with Gasteiger partial charge in [-0.05, 0) is 112 Å². The fraction of sp³-hybridized carbons (Fsp3) is 0.193. The van der Waals surface area contributed by atoms with Crippen molar-refractivity contribution in [3.05, 3.63) is 221 Å². The molecular formula is C57H47NOS. The minimum atomic E-state index is -0.180. The van der Waals surface area contributed by atoms with Crippen LogP contribution in [0, 0.1) is 11.8 Å². The van der Waals surface area contributed by atoms with Crippen LogP contribution in [0.5, 0.6) is 0 Å². The van der Waals surface area contributed by atoms with E-state index in [2.05, 4.69) is 201 Å². The summed E-state index contributed by atoms with van der Waals surface area (Å²) in [6.45, 7) is 4.87. The van der Waals surface area contributed by atoms with E-state index >= 15 is 0 Å². The van der Waals surface area contributed by atoms with Gasteiger partial charge in [0, 0.05) is 27.3 Å². The van der Waals surface area contributed by atoms with Crippen LogP contribution in [0.4, 0.5) is 11.4 Å². The van der Waals surface area contributed by atoms with E-state index in [0.29, 0.717) is 11.8 Å². The average molecular weight is 794 g/mol. The van der Waals surface area contributed by atoms with Gasteiger partial charge >= 0.3 is 0 Å². The van der Waals surface area contributed by atoms with Crippen molar-refractivity contribution in [3.63, 3.8) is 0 Å². The smallest absolute Gasteiger partial charge is 0.144 e. The molecule has 12 rings (SSSR count). The second-order valence-electron chi connectivity index (χ2n) is 17.9. The number of hydrogen-bond donors (Lipinski definition) is 0. The number of anilines is 2. The number of thioether (sulfide) groups is 1. The first kappa shape index (κ1) is 35.9. The van der Waals surface area contributed by atoms with Gasteiger partial charge in [-0.1, -0.05) is 171 Å². The molecule has 0 bridgehead atoms. The Labute approximate surface area is 357 Å². The second-order valence-corrected chi connectivity index (χ2v) is 19.0. The van der Waals surface area contributed by atoms with Crippen molar-refractivity contribution < 1.29 is 4.42 Å². The molecule has 3 heteroatoms. The third kappa shape index (κ3) is 5.70. The zero-order valence-electron chi connectivity index (χ0n) is 34.1. The number of rotatable bonds is 7. The lowest BCUT2D eigenvalue weighted by Gasteiger charge is -2.30. The van der Waals surface area contributed by atoms with Crippen LogP contribution in [0.15, 0.2) is 197 Å². The SMILES string of the molecule is CC1(C)c2cc([C@@H](CC3=CCC(C4C=CC=CC4)C=C3)c3ccc(-c4ccccc4)cc3)ccc2-c2ccc(N3c4c(oc5ccccc45)C4Sc5ccccc5C43)cc21. The number of benzene rings is 6.